The van der Waals surface area contributed by atoms with E-state index in [0.717, 1.165) is 11.4 Å². The third-order valence-corrected chi connectivity index (χ3v) is 10.5. The van der Waals surface area contributed by atoms with Crippen LogP contribution >= 0.6 is 0 Å². The van der Waals surface area contributed by atoms with Crippen molar-refractivity contribution in [2.45, 2.75) is 19.3 Å². The minimum atomic E-state index is -0.180. The molecule has 0 aromatic heterocycles. The molecule has 0 radical (unpaired) electrons. The first-order valence-corrected chi connectivity index (χ1v) is 17.4. The lowest BCUT2D eigenvalue weighted by Crippen LogP contribution is -2.21. The predicted molar refractivity (Wildman–Crippen MR) is 213 cm³/mol. The minimum Gasteiger partial charge on any atom is -0.310 e. The van der Waals surface area contributed by atoms with Crippen molar-refractivity contribution < 1.29 is 0 Å². The van der Waals surface area contributed by atoms with Crippen LogP contribution in [-0.2, 0) is 5.41 Å². The van der Waals surface area contributed by atoms with E-state index < -0.39 is 0 Å². The lowest BCUT2D eigenvalue weighted by molar-refractivity contribution is 0.661. The van der Waals surface area contributed by atoms with Crippen molar-refractivity contribution in [2.24, 2.45) is 0 Å². The Morgan fingerprint density at radius 3 is 1.80 bits per heavy atom. The maximum atomic E-state index is 2.50. The molecule has 1 nitrogen and oxygen atoms in total. The molecule has 0 spiro atoms. The summed E-state index contributed by atoms with van der Waals surface area (Å²) in [6, 6.07) is 68.6. The van der Waals surface area contributed by atoms with Crippen molar-refractivity contribution in [1.82, 2.24) is 0 Å². The van der Waals surface area contributed by atoms with Crippen LogP contribution < -0.4 is 4.90 Å². The van der Waals surface area contributed by atoms with Gasteiger partial charge in [-0.3, -0.25) is 0 Å². The zero-order chi connectivity index (χ0) is 33.7. The second kappa shape index (κ2) is 12.1. The van der Waals surface area contributed by atoms with Gasteiger partial charge >= 0.3 is 0 Å². The lowest BCUT2D eigenvalue weighted by atomic mass is 9.81. The van der Waals surface area contributed by atoms with Gasteiger partial charge in [0.05, 0.1) is 11.4 Å². The van der Waals surface area contributed by atoms with Crippen molar-refractivity contribution >= 4 is 27.8 Å². The monoisotopic (exact) mass is 639 g/mol. The molecule has 0 unspecified atom stereocenters. The van der Waals surface area contributed by atoms with Crippen molar-refractivity contribution in [3.8, 4) is 44.5 Å². The van der Waals surface area contributed by atoms with E-state index in [4.69, 9.17) is 0 Å². The highest BCUT2D eigenvalue weighted by Gasteiger charge is 2.39. The van der Waals surface area contributed by atoms with Crippen LogP contribution in [-0.4, -0.2) is 0 Å². The van der Waals surface area contributed by atoms with Gasteiger partial charge in [-0.25, -0.2) is 0 Å². The fourth-order valence-electron chi connectivity index (χ4n) is 8.09. The highest BCUT2D eigenvalue weighted by atomic mass is 15.1. The number of benzene rings is 8. The van der Waals surface area contributed by atoms with Crippen LogP contribution in [0.15, 0.2) is 188 Å². The van der Waals surface area contributed by atoms with E-state index in [9.17, 15) is 0 Å². The van der Waals surface area contributed by atoms with Crippen molar-refractivity contribution in [3.63, 3.8) is 0 Å². The van der Waals surface area contributed by atoms with Gasteiger partial charge in [-0.15, -0.1) is 0 Å². The SMILES string of the molecule is CC1(C)c2ccccc2-c2cccc(N(c3cccc(-c4cccc5ccccc45)c3)c3ccccc3-c3ccc(-c4ccccc4)cc3)c21. The van der Waals surface area contributed by atoms with Gasteiger partial charge in [-0.2, -0.15) is 0 Å². The Balaban J connectivity index is 1.27. The van der Waals surface area contributed by atoms with E-state index in [1.54, 1.807) is 0 Å². The molecule has 50 heavy (non-hydrogen) atoms. The second-order valence-corrected chi connectivity index (χ2v) is 13.7. The molecule has 0 heterocycles. The molecular weight excluding hydrogens is 603 g/mol. The van der Waals surface area contributed by atoms with E-state index >= 15 is 0 Å². The molecule has 1 aliphatic carbocycles. The molecule has 9 rings (SSSR count). The highest BCUT2D eigenvalue weighted by molar-refractivity contribution is 5.99. The summed E-state index contributed by atoms with van der Waals surface area (Å²) >= 11 is 0. The van der Waals surface area contributed by atoms with Gasteiger partial charge in [-0.1, -0.05) is 178 Å². The summed E-state index contributed by atoms with van der Waals surface area (Å²) < 4.78 is 0. The van der Waals surface area contributed by atoms with E-state index in [0.29, 0.717) is 0 Å². The maximum Gasteiger partial charge on any atom is 0.0540 e. The Kier molecular flexibility index (Phi) is 7.21. The van der Waals surface area contributed by atoms with Crippen molar-refractivity contribution in [3.05, 3.63) is 199 Å². The average molecular weight is 640 g/mol. The van der Waals surface area contributed by atoms with Crippen molar-refractivity contribution in [2.75, 3.05) is 4.90 Å². The number of para-hydroxylation sites is 1. The Labute approximate surface area is 294 Å². The summed E-state index contributed by atoms with van der Waals surface area (Å²) in [7, 11) is 0. The zero-order valence-electron chi connectivity index (χ0n) is 28.3. The van der Waals surface area contributed by atoms with Crippen LogP contribution in [0, 0.1) is 0 Å². The van der Waals surface area contributed by atoms with E-state index in [1.807, 2.05) is 0 Å². The number of nitrogens with zero attached hydrogens (tertiary/aromatic N) is 1. The molecule has 0 amide bonds. The van der Waals surface area contributed by atoms with Gasteiger partial charge in [0.1, 0.15) is 0 Å². The van der Waals surface area contributed by atoms with Crippen LogP contribution in [0.3, 0.4) is 0 Å². The molecule has 8 aromatic rings. The molecule has 0 fully saturated rings. The zero-order valence-corrected chi connectivity index (χ0v) is 28.3. The predicted octanol–water partition coefficient (Wildman–Crippen LogP) is 13.6. The van der Waals surface area contributed by atoms with Gasteiger partial charge in [-0.05, 0) is 85.1 Å². The summed E-state index contributed by atoms with van der Waals surface area (Å²) in [5.74, 6) is 0. The summed E-state index contributed by atoms with van der Waals surface area (Å²) in [6.45, 7) is 4.75. The van der Waals surface area contributed by atoms with Crippen LogP contribution in [0.2, 0.25) is 0 Å². The molecule has 1 aliphatic rings. The van der Waals surface area contributed by atoms with Gasteiger partial charge < -0.3 is 4.90 Å². The molecule has 238 valence electrons. The van der Waals surface area contributed by atoms with Gasteiger partial charge in [0.15, 0.2) is 0 Å². The molecule has 0 N–H and O–H groups in total. The molecule has 1 heteroatoms. The van der Waals surface area contributed by atoms with Gasteiger partial charge in [0.2, 0.25) is 0 Å². The van der Waals surface area contributed by atoms with Gasteiger partial charge in [0, 0.05) is 16.7 Å². The first kappa shape index (κ1) is 29.9. The number of rotatable bonds is 6. The number of hydrogen-bond acceptors (Lipinski definition) is 1. The Hall–Kier alpha value is -6.18. The molecule has 8 aromatic carbocycles. The fourth-order valence-corrected chi connectivity index (χ4v) is 8.09. The van der Waals surface area contributed by atoms with E-state index in [1.165, 1.54) is 72.1 Å². The molecule has 0 saturated heterocycles. The Bertz CT molecular complexity index is 2500. The summed E-state index contributed by atoms with van der Waals surface area (Å²) in [5, 5.41) is 2.51. The number of fused-ring (bicyclic) bond motifs is 4. The maximum absolute atomic E-state index is 2.50. The third kappa shape index (κ3) is 4.94. The standard InChI is InChI=1S/C49H37N/c1-49(2)45-26-10-8-23-43(45)44-25-14-28-47(48(44)49)50(39-20-12-19-38(33-39)41-24-13-18-36-17-6-7-21-40(36)41)46-27-11-9-22-42(46)37-31-29-35(30-32-37)34-15-4-3-5-16-34/h3-33H,1-2H3. The quantitative estimate of drug-likeness (QED) is 0.175. The van der Waals surface area contributed by atoms with Crippen LogP contribution in [0.25, 0.3) is 55.3 Å². The number of hydrogen-bond donors (Lipinski definition) is 0. The first-order valence-electron chi connectivity index (χ1n) is 17.4. The Morgan fingerprint density at radius 1 is 0.380 bits per heavy atom. The van der Waals surface area contributed by atoms with Gasteiger partial charge in [0.25, 0.3) is 0 Å². The Morgan fingerprint density at radius 2 is 0.940 bits per heavy atom. The molecule has 0 atom stereocenters. The fraction of sp³-hybridized carbons (Fsp3) is 0.0612. The largest absolute Gasteiger partial charge is 0.310 e. The smallest absolute Gasteiger partial charge is 0.0540 e. The molecule has 0 aliphatic heterocycles. The van der Waals surface area contributed by atoms with Crippen molar-refractivity contribution in [1.29, 1.82) is 0 Å². The number of anilines is 3. The van der Waals surface area contributed by atoms with E-state index in [2.05, 4.69) is 207 Å². The minimum absolute atomic E-state index is 0.180. The molecule has 0 bridgehead atoms. The average Bonchev–Trinajstić information content (AvgIpc) is 3.42. The van der Waals surface area contributed by atoms with Crippen LogP contribution in [0.4, 0.5) is 17.1 Å². The summed E-state index contributed by atoms with van der Waals surface area (Å²) in [5.41, 5.74) is 15.9. The highest BCUT2D eigenvalue weighted by Crippen LogP contribution is 2.55. The summed E-state index contributed by atoms with van der Waals surface area (Å²) in [4.78, 5) is 2.50. The van der Waals surface area contributed by atoms with E-state index in [-0.39, 0.29) is 5.41 Å². The van der Waals surface area contributed by atoms with Crippen LogP contribution in [0.5, 0.6) is 0 Å². The summed E-state index contributed by atoms with van der Waals surface area (Å²) in [6.07, 6.45) is 0. The topological polar surface area (TPSA) is 3.24 Å². The lowest BCUT2D eigenvalue weighted by Gasteiger charge is -2.33. The second-order valence-electron chi connectivity index (χ2n) is 13.7. The molecular formula is C49H37N. The molecule has 0 saturated carbocycles. The van der Waals surface area contributed by atoms with Crippen LogP contribution in [0.1, 0.15) is 25.0 Å². The normalized spacial score (nSPS) is 12.8. The first-order chi connectivity index (χ1) is 24.6. The third-order valence-electron chi connectivity index (χ3n) is 10.5.